The summed E-state index contributed by atoms with van der Waals surface area (Å²) in [6, 6.07) is 10.1. The molecule has 2 heterocycles. The van der Waals surface area contributed by atoms with E-state index in [4.69, 9.17) is 0 Å². The molecule has 3 rings (SSSR count). The summed E-state index contributed by atoms with van der Waals surface area (Å²) in [6.45, 7) is 6.87. The Balaban J connectivity index is 1.78. The number of nitrogens with one attached hydrogen (secondary N) is 1. The van der Waals surface area contributed by atoms with E-state index in [1.54, 1.807) is 6.20 Å². The van der Waals surface area contributed by atoms with Crippen LogP contribution >= 0.6 is 11.3 Å². The van der Waals surface area contributed by atoms with Gasteiger partial charge >= 0.3 is 0 Å². The van der Waals surface area contributed by atoms with Crippen molar-refractivity contribution in [2.75, 3.05) is 5.32 Å². The van der Waals surface area contributed by atoms with Crippen LogP contribution in [0.4, 0.5) is 5.13 Å². The highest BCUT2D eigenvalue weighted by atomic mass is 32.1. The Morgan fingerprint density at radius 1 is 1.28 bits per heavy atom. The van der Waals surface area contributed by atoms with E-state index in [9.17, 15) is 4.79 Å². The summed E-state index contributed by atoms with van der Waals surface area (Å²) in [4.78, 5) is 17.1. The number of hydrogen-bond acceptors (Lipinski definition) is 4. The summed E-state index contributed by atoms with van der Waals surface area (Å²) in [7, 11) is 0. The van der Waals surface area contributed by atoms with Crippen LogP contribution in [0.2, 0.25) is 0 Å². The van der Waals surface area contributed by atoms with Gasteiger partial charge < -0.3 is 0 Å². The fourth-order valence-electron chi connectivity index (χ4n) is 2.64. The second-order valence-electron chi connectivity index (χ2n) is 6.19. The Labute approximate surface area is 151 Å². The number of hydrogen-bond donors (Lipinski definition) is 1. The van der Waals surface area contributed by atoms with E-state index in [0.29, 0.717) is 23.2 Å². The Hall–Kier alpha value is -2.47. The summed E-state index contributed by atoms with van der Waals surface area (Å²) in [6.07, 6.45) is 2.39. The molecule has 0 spiro atoms. The van der Waals surface area contributed by atoms with Gasteiger partial charge in [0.2, 0.25) is 0 Å². The number of anilines is 1. The monoisotopic (exact) mass is 354 g/mol. The minimum atomic E-state index is -0.152. The molecule has 0 aliphatic rings. The van der Waals surface area contributed by atoms with E-state index in [2.05, 4.69) is 41.4 Å². The van der Waals surface area contributed by atoms with Gasteiger partial charge in [0.1, 0.15) is 0 Å². The lowest BCUT2D eigenvalue weighted by Crippen LogP contribution is -2.15. The molecular formula is C19H22N4OS. The van der Waals surface area contributed by atoms with Gasteiger partial charge in [-0.15, -0.1) is 11.3 Å². The first-order valence-electron chi connectivity index (χ1n) is 8.43. The third kappa shape index (κ3) is 3.96. The SMILES string of the molecule is CCc1c(C(=O)Nc2nc(C(C)C)cs2)cnn1Cc1ccccc1. The summed E-state index contributed by atoms with van der Waals surface area (Å²) < 4.78 is 1.89. The topological polar surface area (TPSA) is 59.8 Å². The molecule has 0 saturated heterocycles. The van der Waals surface area contributed by atoms with Crippen LogP contribution < -0.4 is 5.32 Å². The zero-order valence-electron chi connectivity index (χ0n) is 14.7. The maximum Gasteiger partial charge on any atom is 0.260 e. The van der Waals surface area contributed by atoms with Gasteiger partial charge in [-0.1, -0.05) is 51.1 Å². The Morgan fingerprint density at radius 2 is 2.04 bits per heavy atom. The first-order chi connectivity index (χ1) is 12.1. The van der Waals surface area contributed by atoms with E-state index in [0.717, 1.165) is 23.4 Å². The highest BCUT2D eigenvalue weighted by Crippen LogP contribution is 2.22. The molecule has 0 aliphatic carbocycles. The molecule has 6 heteroatoms. The molecule has 0 saturated carbocycles. The lowest BCUT2D eigenvalue weighted by molar-refractivity contribution is 0.102. The molecule has 25 heavy (non-hydrogen) atoms. The number of thiazole rings is 1. The number of nitrogens with zero attached hydrogens (tertiary/aromatic N) is 3. The van der Waals surface area contributed by atoms with E-state index in [-0.39, 0.29) is 5.91 Å². The molecule has 0 bridgehead atoms. The molecule has 0 atom stereocenters. The van der Waals surface area contributed by atoms with Crippen molar-refractivity contribution in [1.82, 2.24) is 14.8 Å². The molecule has 1 N–H and O–H groups in total. The van der Waals surface area contributed by atoms with Crippen LogP contribution in [0.25, 0.3) is 0 Å². The molecule has 2 aromatic heterocycles. The van der Waals surface area contributed by atoms with E-state index >= 15 is 0 Å². The Bertz CT molecular complexity index is 851. The highest BCUT2D eigenvalue weighted by molar-refractivity contribution is 7.14. The maximum absolute atomic E-state index is 12.6. The first-order valence-corrected chi connectivity index (χ1v) is 9.31. The second-order valence-corrected chi connectivity index (χ2v) is 7.05. The fourth-order valence-corrected chi connectivity index (χ4v) is 3.51. The van der Waals surface area contributed by atoms with Gasteiger partial charge in [0.05, 0.1) is 29.7 Å². The van der Waals surface area contributed by atoms with Crippen molar-refractivity contribution < 1.29 is 4.79 Å². The van der Waals surface area contributed by atoms with Crippen LogP contribution in [-0.4, -0.2) is 20.7 Å². The van der Waals surface area contributed by atoms with E-state index in [1.807, 2.05) is 35.2 Å². The van der Waals surface area contributed by atoms with Crippen molar-refractivity contribution in [3.05, 3.63) is 64.4 Å². The van der Waals surface area contributed by atoms with Gasteiger partial charge in [-0.05, 0) is 17.9 Å². The van der Waals surface area contributed by atoms with E-state index in [1.165, 1.54) is 11.3 Å². The van der Waals surface area contributed by atoms with Crippen LogP contribution in [0.3, 0.4) is 0 Å². The summed E-state index contributed by atoms with van der Waals surface area (Å²) in [5, 5.41) is 9.93. The highest BCUT2D eigenvalue weighted by Gasteiger charge is 2.18. The van der Waals surface area contributed by atoms with Crippen molar-refractivity contribution in [3.63, 3.8) is 0 Å². The second kappa shape index (κ2) is 7.61. The van der Waals surface area contributed by atoms with Crippen LogP contribution in [0.1, 0.15) is 54.0 Å². The zero-order chi connectivity index (χ0) is 17.8. The van der Waals surface area contributed by atoms with Crippen LogP contribution in [0.5, 0.6) is 0 Å². The molecule has 0 fully saturated rings. The van der Waals surface area contributed by atoms with Gasteiger partial charge in [-0.2, -0.15) is 5.10 Å². The first kappa shape index (κ1) is 17.4. The lowest BCUT2D eigenvalue weighted by atomic mass is 10.1. The fraction of sp³-hybridized carbons (Fsp3) is 0.316. The van der Waals surface area contributed by atoms with Crippen molar-refractivity contribution in [2.45, 2.75) is 39.7 Å². The average molecular weight is 354 g/mol. The maximum atomic E-state index is 12.6. The molecule has 130 valence electrons. The van der Waals surface area contributed by atoms with Gasteiger partial charge in [-0.25, -0.2) is 4.98 Å². The van der Waals surface area contributed by atoms with Gasteiger partial charge in [0, 0.05) is 5.38 Å². The molecule has 1 aromatic carbocycles. The average Bonchev–Trinajstić information content (AvgIpc) is 3.22. The number of carbonyl (C=O) groups is 1. The predicted molar refractivity (Wildman–Crippen MR) is 101 cm³/mol. The van der Waals surface area contributed by atoms with E-state index < -0.39 is 0 Å². The summed E-state index contributed by atoms with van der Waals surface area (Å²) in [5.41, 5.74) is 3.70. The van der Waals surface area contributed by atoms with Crippen molar-refractivity contribution in [1.29, 1.82) is 0 Å². The molecule has 0 aliphatic heterocycles. The Morgan fingerprint density at radius 3 is 2.68 bits per heavy atom. The lowest BCUT2D eigenvalue weighted by Gasteiger charge is -2.08. The van der Waals surface area contributed by atoms with Crippen LogP contribution in [0.15, 0.2) is 41.9 Å². The van der Waals surface area contributed by atoms with Crippen molar-refractivity contribution in [2.24, 2.45) is 0 Å². The molecular weight excluding hydrogens is 332 g/mol. The van der Waals surface area contributed by atoms with Crippen molar-refractivity contribution in [3.8, 4) is 0 Å². The largest absolute Gasteiger partial charge is 0.298 e. The van der Waals surface area contributed by atoms with Crippen molar-refractivity contribution >= 4 is 22.4 Å². The molecule has 0 radical (unpaired) electrons. The third-order valence-electron chi connectivity index (χ3n) is 4.04. The number of amides is 1. The summed E-state index contributed by atoms with van der Waals surface area (Å²) >= 11 is 1.45. The molecule has 0 unspecified atom stereocenters. The predicted octanol–water partition coefficient (Wildman–Crippen LogP) is 4.33. The zero-order valence-corrected chi connectivity index (χ0v) is 15.5. The number of benzene rings is 1. The van der Waals surface area contributed by atoms with Crippen LogP contribution in [-0.2, 0) is 13.0 Å². The summed E-state index contributed by atoms with van der Waals surface area (Å²) in [5.74, 6) is 0.197. The van der Waals surface area contributed by atoms with Crippen LogP contribution in [0, 0.1) is 0 Å². The molecule has 1 amide bonds. The normalized spacial score (nSPS) is 11.0. The third-order valence-corrected chi connectivity index (χ3v) is 4.81. The number of aromatic nitrogens is 3. The van der Waals surface area contributed by atoms with Gasteiger partial charge in [-0.3, -0.25) is 14.8 Å². The standard InChI is InChI=1S/C19H22N4OS/c1-4-17-15(10-20-23(17)11-14-8-6-5-7-9-14)18(24)22-19-21-16(12-25-19)13(2)3/h5-10,12-13H,4,11H2,1-3H3,(H,21,22,24). The van der Waals surface area contributed by atoms with Gasteiger partial charge in [0.15, 0.2) is 5.13 Å². The number of carbonyl (C=O) groups excluding carboxylic acids is 1. The molecule has 5 nitrogen and oxygen atoms in total. The minimum Gasteiger partial charge on any atom is -0.298 e. The Kier molecular flexibility index (Phi) is 5.28. The van der Waals surface area contributed by atoms with Gasteiger partial charge in [0.25, 0.3) is 5.91 Å². The number of rotatable bonds is 6. The smallest absolute Gasteiger partial charge is 0.260 e. The molecule has 3 aromatic rings. The minimum absolute atomic E-state index is 0.152. The quantitative estimate of drug-likeness (QED) is 0.717.